The second kappa shape index (κ2) is 7.81. The number of rotatable bonds is 3. The predicted octanol–water partition coefficient (Wildman–Crippen LogP) is 3.80. The van der Waals surface area contributed by atoms with Crippen molar-refractivity contribution >= 4 is 14.2 Å². The van der Waals surface area contributed by atoms with Crippen molar-refractivity contribution in [3.63, 3.8) is 0 Å². The quantitative estimate of drug-likeness (QED) is 0.791. The summed E-state index contributed by atoms with van der Waals surface area (Å²) in [4.78, 5) is 2.44. The first kappa shape index (κ1) is 15.5. The molecule has 0 aromatic heterocycles. The van der Waals surface area contributed by atoms with Crippen LogP contribution in [0.1, 0.15) is 26.2 Å². The summed E-state index contributed by atoms with van der Waals surface area (Å²) in [6.07, 6.45) is 3.75. The Hall–Kier alpha value is -0.843. The molecule has 1 aliphatic rings. The fourth-order valence-corrected chi connectivity index (χ4v) is 5.20. The molecule has 0 aliphatic carbocycles. The summed E-state index contributed by atoms with van der Waals surface area (Å²) in [5.74, 6) is 0. The van der Waals surface area contributed by atoms with Gasteiger partial charge in [0.05, 0.1) is 6.61 Å². The molecular formula is C16H27NO2Si. The molecule has 4 heteroatoms. The second-order valence-electron chi connectivity index (χ2n) is 5.55. The highest BCUT2D eigenvalue weighted by Crippen LogP contribution is 2.21. The lowest BCUT2D eigenvalue weighted by Gasteiger charge is -2.31. The Bertz CT molecular complexity index is 387. The molecule has 1 aromatic carbocycles. The lowest BCUT2D eigenvalue weighted by atomic mass is 10.2. The van der Waals surface area contributed by atoms with Crippen LogP contribution in [0.3, 0.4) is 0 Å². The smallest absolute Gasteiger partial charge is 0.334 e. The molecular weight excluding hydrogens is 266 g/mol. The van der Waals surface area contributed by atoms with Gasteiger partial charge in [-0.15, -0.1) is 0 Å². The highest BCUT2D eigenvalue weighted by atomic mass is 28.4. The predicted molar refractivity (Wildman–Crippen MR) is 86.5 cm³/mol. The van der Waals surface area contributed by atoms with Crippen LogP contribution in [0, 0.1) is 0 Å². The van der Waals surface area contributed by atoms with Crippen molar-refractivity contribution in [3.8, 4) is 0 Å². The third-order valence-electron chi connectivity index (χ3n) is 3.90. The molecule has 1 fully saturated rings. The van der Waals surface area contributed by atoms with Gasteiger partial charge in [0.25, 0.3) is 0 Å². The van der Waals surface area contributed by atoms with E-state index in [9.17, 15) is 0 Å². The zero-order valence-electron chi connectivity index (χ0n) is 12.8. The van der Waals surface area contributed by atoms with Crippen LogP contribution in [-0.2, 0) is 8.85 Å². The van der Waals surface area contributed by atoms with E-state index in [2.05, 4.69) is 48.7 Å². The monoisotopic (exact) mass is 293 g/mol. The second-order valence-corrected chi connectivity index (χ2v) is 8.89. The van der Waals surface area contributed by atoms with Crippen molar-refractivity contribution in [2.45, 2.75) is 38.8 Å². The summed E-state index contributed by atoms with van der Waals surface area (Å²) < 4.78 is 12.1. The van der Waals surface area contributed by atoms with Gasteiger partial charge in [-0.05, 0) is 38.1 Å². The van der Waals surface area contributed by atoms with Gasteiger partial charge in [-0.25, -0.2) is 0 Å². The molecule has 0 N–H and O–H groups in total. The fourth-order valence-electron chi connectivity index (χ4n) is 2.80. The number of benzene rings is 1. The lowest BCUT2D eigenvalue weighted by Crippen LogP contribution is -2.42. The van der Waals surface area contributed by atoms with Crippen LogP contribution in [0.25, 0.3) is 0 Å². The maximum Gasteiger partial charge on any atom is 0.334 e. The Morgan fingerprint density at radius 1 is 1.15 bits per heavy atom. The molecule has 0 bridgehead atoms. The molecule has 0 radical (unpaired) electrons. The van der Waals surface area contributed by atoms with Gasteiger partial charge < -0.3 is 13.8 Å². The van der Waals surface area contributed by atoms with Gasteiger partial charge in [-0.3, -0.25) is 0 Å². The highest BCUT2D eigenvalue weighted by Gasteiger charge is 2.31. The van der Waals surface area contributed by atoms with Gasteiger partial charge in [-0.1, -0.05) is 31.0 Å². The van der Waals surface area contributed by atoms with Crippen LogP contribution in [0.2, 0.25) is 12.6 Å². The molecule has 2 rings (SSSR count). The van der Waals surface area contributed by atoms with Gasteiger partial charge in [0.15, 0.2) is 0 Å². The first-order valence-electron chi connectivity index (χ1n) is 7.81. The first-order valence-corrected chi connectivity index (χ1v) is 10.3. The van der Waals surface area contributed by atoms with E-state index in [1.165, 1.54) is 24.9 Å². The number of para-hydroxylation sites is 1. The van der Waals surface area contributed by atoms with E-state index >= 15 is 0 Å². The van der Waals surface area contributed by atoms with Crippen LogP contribution in [0.15, 0.2) is 30.3 Å². The van der Waals surface area contributed by atoms with Gasteiger partial charge in [0.1, 0.15) is 0 Å². The maximum atomic E-state index is 6.17. The summed E-state index contributed by atoms with van der Waals surface area (Å²) in [5, 5.41) is 0. The standard InChI is InChI=1S/C16H27NO2Si/c1-3-18-20(2)15-9-5-8-12-17(13-14-19-20)16-10-6-4-7-11-16/h4,6-7,10-11H,3,5,8-9,12-15H2,1-2H3. The van der Waals surface area contributed by atoms with Crippen molar-refractivity contribution in [3.05, 3.63) is 30.3 Å². The minimum absolute atomic E-state index is 0.769. The normalized spacial score (nSPS) is 25.4. The average Bonchev–Trinajstić information content (AvgIpc) is 2.46. The van der Waals surface area contributed by atoms with E-state index in [-0.39, 0.29) is 0 Å². The molecule has 112 valence electrons. The summed E-state index contributed by atoms with van der Waals surface area (Å²) in [7, 11) is -1.93. The Morgan fingerprint density at radius 2 is 1.95 bits per heavy atom. The Balaban J connectivity index is 1.98. The van der Waals surface area contributed by atoms with Gasteiger partial charge in [0.2, 0.25) is 0 Å². The summed E-state index contributed by atoms with van der Waals surface area (Å²) in [6, 6.07) is 11.8. The summed E-state index contributed by atoms with van der Waals surface area (Å²) >= 11 is 0. The van der Waals surface area contributed by atoms with E-state index < -0.39 is 8.56 Å². The van der Waals surface area contributed by atoms with Gasteiger partial charge in [0, 0.05) is 25.4 Å². The average molecular weight is 293 g/mol. The summed E-state index contributed by atoms with van der Waals surface area (Å²) in [6.45, 7) is 7.91. The minimum Gasteiger partial charge on any atom is -0.395 e. The van der Waals surface area contributed by atoms with Crippen LogP contribution in [-0.4, -0.2) is 34.9 Å². The molecule has 1 heterocycles. The topological polar surface area (TPSA) is 21.7 Å². The Labute approximate surface area is 124 Å². The van der Waals surface area contributed by atoms with Crippen molar-refractivity contribution in [1.29, 1.82) is 0 Å². The number of anilines is 1. The number of hydrogen-bond donors (Lipinski definition) is 0. The maximum absolute atomic E-state index is 6.17. The molecule has 20 heavy (non-hydrogen) atoms. The lowest BCUT2D eigenvalue weighted by molar-refractivity contribution is 0.181. The van der Waals surface area contributed by atoms with E-state index in [0.717, 1.165) is 32.3 Å². The third-order valence-corrected chi connectivity index (χ3v) is 6.87. The van der Waals surface area contributed by atoms with Crippen LogP contribution in [0.4, 0.5) is 5.69 Å². The van der Waals surface area contributed by atoms with Crippen molar-refractivity contribution in [2.75, 3.05) is 31.2 Å². The van der Waals surface area contributed by atoms with Crippen molar-refractivity contribution in [1.82, 2.24) is 0 Å². The molecule has 1 aliphatic heterocycles. The summed E-state index contributed by atoms with van der Waals surface area (Å²) in [5.41, 5.74) is 1.30. The number of hydrogen-bond acceptors (Lipinski definition) is 3. The molecule has 0 saturated carbocycles. The van der Waals surface area contributed by atoms with Crippen LogP contribution < -0.4 is 4.90 Å². The zero-order chi connectivity index (χ0) is 14.3. The van der Waals surface area contributed by atoms with E-state index in [4.69, 9.17) is 8.85 Å². The minimum atomic E-state index is -1.93. The zero-order valence-corrected chi connectivity index (χ0v) is 13.8. The largest absolute Gasteiger partial charge is 0.395 e. The highest BCUT2D eigenvalue weighted by molar-refractivity contribution is 6.66. The van der Waals surface area contributed by atoms with Crippen LogP contribution >= 0.6 is 0 Å². The number of nitrogens with zero attached hydrogens (tertiary/aromatic N) is 1. The fraction of sp³-hybridized carbons (Fsp3) is 0.625. The SMILES string of the molecule is CCO[Si]1(C)CCCCCN(c2ccccc2)CCO1. The van der Waals surface area contributed by atoms with E-state index in [1.54, 1.807) is 0 Å². The van der Waals surface area contributed by atoms with Gasteiger partial charge in [-0.2, -0.15) is 0 Å². The molecule has 1 saturated heterocycles. The van der Waals surface area contributed by atoms with Gasteiger partial charge >= 0.3 is 8.56 Å². The van der Waals surface area contributed by atoms with Crippen LogP contribution in [0.5, 0.6) is 0 Å². The molecule has 1 unspecified atom stereocenters. The molecule has 0 amide bonds. The van der Waals surface area contributed by atoms with E-state index in [1.807, 2.05) is 0 Å². The van der Waals surface area contributed by atoms with E-state index in [0.29, 0.717) is 0 Å². The third kappa shape index (κ3) is 4.61. The van der Waals surface area contributed by atoms with Crippen molar-refractivity contribution < 1.29 is 8.85 Å². The van der Waals surface area contributed by atoms with Crippen molar-refractivity contribution in [2.24, 2.45) is 0 Å². The first-order chi connectivity index (χ1) is 9.73. The molecule has 1 aromatic rings. The Morgan fingerprint density at radius 3 is 2.70 bits per heavy atom. The Kier molecular flexibility index (Phi) is 6.07. The molecule has 3 nitrogen and oxygen atoms in total. The molecule has 1 atom stereocenters. The molecule has 0 spiro atoms.